The van der Waals surface area contributed by atoms with Crippen molar-refractivity contribution in [1.29, 1.82) is 0 Å². The first-order chi connectivity index (χ1) is 11.4. The van der Waals surface area contributed by atoms with E-state index < -0.39 is 0 Å². The summed E-state index contributed by atoms with van der Waals surface area (Å²) in [5.74, 6) is 0. The zero-order chi connectivity index (χ0) is 15.2. The quantitative estimate of drug-likeness (QED) is 0.343. The fraction of sp³-hybridized carbons (Fsp3) is 0.0909. The first kappa shape index (κ1) is 13.6. The summed E-state index contributed by atoms with van der Waals surface area (Å²) in [5, 5.41) is 5.54. The van der Waals surface area contributed by atoms with Crippen LogP contribution in [0.15, 0.2) is 72.8 Å². The molecule has 0 N–H and O–H groups in total. The number of hydrogen-bond donors (Lipinski definition) is 0. The number of benzene rings is 4. The molecule has 0 saturated heterocycles. The van der Waals surface area contributed by atoms with Crippen LogP contribution in [-0.4, -0.2) is 20.9 Å². The predicted octanol–water partition coefficient (Wildman–Crippen LogP) is 5.38. The van der Waals surface area contributed by atoms with Crippen molar-refractivity contribution in [3.05, 3.63) is 83.9 Å². The van der Waals surface area contributed by atoms with Gasteiger partial charge in [0.1, 0.15) is 0 Å². The summed E-state index contributed by atoms with van der Waals surface area (Å²) in [6.45, 7) is 0. The van der Waals surface area contributed by atoms with Crippen molar-refractivity contribution in [3.63, 3.8) is 0 Å². The van der Waals surface area contributed by atoms with E-state index in [1.54, 1.807) is 11.1 Å². The van der Waals surface area contributed by atoms with E-state index in [4.69, 9.17) is 0 Å². The van der Waals surface area contributed by atoms with E-state index >= 15 is 0 Å². The minimum absolute atomic E-state index is 0.00759. The molecule has 1 aliphatic heterocycles. The van der Waals surface area contributed by atoms with Gasteiger partial charge in [0.05, 0.1) is 0 Å². The molecule has 0 aliphatic carbocycles. The molecule has 0 nitrogen and oxygen atoms in total. The van der Waals surface area contributed by atoms with Crippen LogP contribution in [0, 0.1) is 0 Å². The summed E-state index contributed by atoms with van der Waals surface area (Å²) in [6.07, 6.45) is 0. The van der Waals surface area contributed by atoms with Gasteiger partial charge in [-0.1, -0.05) is 0 Å². The Morgan fingerprint density at radius 2 is 1.00 bits per heavy atom. The molecule has 0 amide bonds. The van der Waals surface area contributed by atoms with Gasteiger partial charge < -0.3 is 0 Å². The topological polar surface area (TPSA) is 0 Å². The molecule has 0 aromatic heterocycles. The summed E-state index contributed by atoms with van der Waals surface area (Å²) in [4.78, 5) is 0. The first-order valence-corrected chi connectivity index (χ1v) is 11.3. The van der Waals surface area contributed by atoms with Gasteiger partial charge in [-0.25, -0.2) is 0 Å². The van der Waals surface area contributed by atoms with Gasteiger partial charge in [-0.3, -0.25) is 0 Å². The fourth-order valence-electron chi connectivity index (χ4n) is 3.74. The van der Waals surface area contributed by atoms with E-state index in [0.717, 1.165) is 0 Å². The fourth-order valence-corrected chi connectivity index (χ4v) is 6.66. The molecule has 1 heteroatoms. The number of hydrogen-bond acceptors (Lipinski definition) is 0. The predicted molar refractivity (Wildman–Crippen MR) is 100 cm³/mol. The van der Waals surface area contributed by atoms with Crippen molar-refractivity contribution in [1.82, 2.24) is 0 Å². The maximum atomic E-state index is 2.37. The molecule has 0 saturated carbocycles. The molecule has 0 atom stereocenters. The molecule has 0 unspecified atom stereocenters. The van der Waals surface area contributed by atoms with Crippen LogP contribution in [0.25, 0.3) is 32.7 Å². The average molecular weight is 408 g/mol. The second-order valence-electron chi connectivity index (χ2n) is 6.13. The van der Waals surface area contributed by atoms with E-state index in [9.17, 15) is 0 Å². The van der Waals surface area contributed by atoms with Gasteiger partial charge in [0.2, 0.25) is 0 Å². The maximum absolute atomic E-state index is 2.37. The molecular weight excluding hydrogens is 392 g/mol. The molecular formula is C22H16Te. The van der Waals surface area contributed by atoms with Gasteiger partial charge in [0.25, 0.3) is 0 Å². The Bertz CT molecular complexity index is 961. The summed E-state index contributed by atoms with van der Waals surface area (Å²) in [5.41, 5.74) is 6.11. The summed E-state index contributed by atoms with van der Waals surface area (Å²) >= 11 is 0.00759. The first-order valence-electron chi connectivity index (χ1n) is 8.01. The molecule has 0 fully saturated rings. The van der Waals surface area contributed by atoms with E-state index in [1.807, 2.05) is 0 Å². The molecule has 110 valence electrons. The van der Waals surface area contributed by atoms with Crippen LogP contribution in [0.5, 0.6) is 0 Å². The van der Waals surface area contributed by atoms with Crippen LogP contribution in [0.1, 0.15) is 11.1 Å². The van der Waals surface area contributed by atoms with Crippen LogP contribution >= 0.6 is 0 Å². The van der Waals surface area contributed by atoms with Crippen molar-refractivity contribution >= 4 is 42.5 Å². The molecule has 0 spiro atoms. The van der Waals surface area contributed by atoms with E-state index in [1.165, 1.54) is 41.6 Å². The Balaban J connectivity index is 2.01. The number of rotatable bonds is 0. The van der Waals surface area contributed by atoms with Crippen LogP contribution in [0.4, 0.5) is 0 Å². The zero-order valence-corrected chi connectivity index (χ0v) is 15.1. The Morgan fingerprint density at radius 1 is 0.522 bits per heavy atom. The van der Waals surface area contributed by atoms with Gasteiger partial charge >= 0.3 is 146 Å². The van der Waals surface area contributed by atoms with Gasteiger partial charge in [-0.15, -0.1) is 0 Å². The van der Waals surface area contributed by atoms with E-state index in [-0.39, 0.29) is 20.9 Å². The molecule has 1 heterocycles. The Labute approximate surface area is 146 Å². The van der Waals surface area contributed by atoms with Gasteiger partial charge in [0.15, 0.2) is 0 Å². The Morgan fingerprint density at radius 3 is 1.52 bits per heavy atom. The molecule has 0 radical (unpaired) electrons. The third-order valence-electron chi connectivity index (χ3n) is 4.80. The molecule has 0 bridgehead atoms. The van der Waals surface area contributed by atoms with Crippen molar-refractivity contribution in [2.75, 3.05) is 0 Å². The van der Waals surface area contributed by atoms with E-state index in [2.05, 4.69) is 72.8 Å². The van der Waals surface area contributed by atoms with Gasteiger partial charge in [0, 0.05) is 0 Å². The van der Waals surface area contributed by atoms with Crippen LogP contribution in [0.2, 0.25) is 0 Å². The van der Waals surface area contributed by atoms with Crippen LogP contribution in [0.3, 0.4) is 0 Å². The molecule has 1 aliphatic rings. The molecule has 5 rings (SSSR count). The third-order valence-corrected chi connectivity index (χ3v) is 7.74. The Hall–Kier alpha value is -1.81. The second kappa shape index (κ2) is 5.38. The van der Waals surface area contributed by atoms with Gasteiger partial charge in [-0.2, -0.15) is 0 Å². The standard InChI is InChI=1S/C22H16Te/c1-3-7-19-15(5-1)9-11-17-13-23-14-18-12-10-16-6-2-4-8-20(16)22(18)21(17)19/h1-12H,13-14H2. The summed E-state index contributed by atoms with van der Waals surface area (Å²) < 4.78 is 2.60. The zero-order valence-electron chi connectivity index (χ0n) is 12.8. The molecule has 4 aromatic carbocycles. The van der Waals surface area contributed by atoms with Crippen molar-refractivity contribution in [2.24, 2.45) is 0 Å². The second-order valence-corrected chi connectivity index (χ2v) is 8.95. The molecule has 23 heavy (non-hydrogen) atoms. The van der Waals surface area contributed by atoms with Crippen LogP contribution < -0.4 is 0 Å². The minimum atomic E-state index is 0.00759. The summed E-state index contributed by atoms with van der Waals surface area (Å²) in [7, 11) is 0. The van der Waals surface area contributed by atoms with Crippen LogP contribution in [-0.2, 0) is 8.94 Å². The normalized spacial score (nSPS) is 13.6. The van der Waals surface area contributed by atoms with Gasteiger partial charge in [-0.05, 0) is 0 Å². The van der Waals surface area contributed by atoms with E-state index in [0.29, 0.717) is 0 Å². The SMILES string of the molecule is c1ccc2c3c(ccc2c1)C[Te]Cc1ccc2ccccc2c1-3. The Kier molecular flexibility index (Phi) is 3.18. The van der Waals surface area contributed by atoms with Crippen molar-refractivity contribution in [2.45, 2.75) is 8.94 Å². The monoisotopic (exact) mass is 410 g/mol. The number of fused-ring (bicyclic) bond motifs is 7. The average Bonchev–Trinajstić information content (AvgIpc) is 2.81. The van der Waals surface area contributed by atoms with Crippen molar-refractivity contribution < 1.29 is 0 Å². The summed E-state index contributed by atoms with van der Waals surface area (Å²) in [6, 6.07) is 27.1. The third kappa shape index (κ3) is 2.12. The molecule has 4 aromatic rings. The van der Waals surface area contributed by atoms with Crippen molar-refractivity contribution in [3.8, 4) is 11.1 Å².